The SMILES string of the molecule is COc1ccc(/C=N/NC(=O)c2ccc(N)cc2)cc1OCc1ccccc1. The van der Waals surface area contributed by atoms with Gasteiger partial charge < -0.3 is 15.2 Å². The summed E-state index contributed by atoms with van der Waals surface area (Å²) in [5.74, 6) is 0.907. The van der Waals surface area contributed by atoms with Gasteiger partial charge >= 0.3 is 0 Å². The van der Waals surface area contributed by atoms with Crippen LogP contribution in [-0.4, -0.2) is 19.2 Å². The number of hydrazone groups is 1. The molecule has 3 rings (SSSR count). The van der Waals surface area contributed by atoms with Crippen LogP contribution >= 0.6 is 0 Å². The van der Waals surface area contributed by atoms with Gasteiger partial charge in [0, 0.05) is 11.3 Å². The number of ether oxygens (including phenoxy) is 2. The van der Waals surface area contributed by atoms with Crippen LogP contribution in [0.5, 0.6) is 11.5 Å². The highest BCUT2D eigenvalue weighted by atomic mass is 16.5. The maximum Gasteiger partial charge on any atom is 0.271 e. The van der Waals surface area contributed by atoms with Gasteiger partial charge in [-0.15, -0.1) is 0 Å². The first-order valence-corrected chi connectivity index (χ1v) is 8.69. The van der Waals surface area contributed by atoms with Gasteiger partial charge in [-0.1, -0.05) is 30.3 Å². The summed E-state index contributed by atoms with van der Waals surface area (Å²) in [7, 11) is 1.59. The lowest BCUT2D eigenvalue weighted by Gasteiger charge is -2.11. The fourth-order valence-corrected chi connectivity index (χ4v) is 2.49. The molecule has 0 atom stereocenters. The number of hydrogen-bond donors (Lipinski definition) is 2. The van der Waals surface area contributed by atoms with Crippen molar-refractivity contribution in [2.45, 2.75) is 6.61 Å². The Morgan fingerprint density at radius 1 is 1.04 bits per heavy atom. The van der Waals surface area contributed by atoms with E-state index < -0.39 is 0 Å². The van der Waals surface area contributed by atoms with E-state index in [1.54, 1.807) is 49.7 Å². The lowest BCUT2D eigenvalue weighted by atomic mass is 10.2. The van der Waals surface area contributed by atoms with Crippen molar-refractivity contribution >= 4 is 17.8 Å². The molecule has 3 N–H and O–H groups in total. The van der Waals surface area contributed by atoms with Crippen molar-refractivity contribution in [3.05, 3.63) is 89.5 Å². The summed E-state index contributed by atoms with van der Waals surface area (Å²) in [5, 5.41) is 4.00. The third-order valence-electron chi connectivity index (χ3n) is 3.98. The lowest BCUT2D eigenvalue weighted by molar-refractivity contribution is 0.0955. The van der Waals surface area contributed by atoms with Crippen molar-refractivity contribution in [1.29, 1.82) is 0 Å². The normalized spacial score (nSPS) is 10.6. The molecule has 6 heteroatoms. The van der Waals surface area contributed by atoms with E-state index in [1.807, 2.05) is 36.4 Å². The molecule has 3 aromatic carbocycles. The topological polar surface area (TPSA) is 85.9 Å². The fraction of sp³-hybridized carbons (Fsp3) is 0.0909. The number of benzene rings is 3. The summed E-state index contributed by atoms with van der Waals surface area (Å²) in [6, 6.07) is 21.9. The van der Waals surface area contributed by atoms with Crippen molar-refractivity contribution in [3.8, 4) is 11.5 Å². The van der Waals surface area contributed by atoms with Crippen molar-refractivity contribution in [3.63, 3.8) is 0 Å². The molecule has 0 saturated carbocycles. The Bertz CT molecular complexity index is 955. The third kappa shape index (κ3) is 5.11. The second-order valence-corrected chi connectivity index (χ2v) is 6.01. The molecule has 0 heterocycles. The Balaban J connectivity index is 1.65. The maximum absolute atomic E-state index is 12.1. The summed E-state index contributed by atoms with van der Waals surface area (Å²) >= 11 is 0. The van der Waals surface area contributed by atoms with Gasteiger partial charge in [-0.3, -0.25) is 4.79 Å². The number of amides is 1. The van der Waals surface area contributed by atoms with E-state index in [0.29, 0.717) is 29.4 Å². The summed E-state index contributed by atoms with van der Waals surface area (Å²) in [4.78, 5) is 12.1. The molecule has 0 aliphatic rings. The van der Waals surface area contributed by atoms with E-state index >= 15 is 0 Å². The average molecular weight is 375 g/mol. The number of nitrogens with zero attached hydrogens (tertiary/aromatic N) is 1. The molecule has 0 saturated heterocycles. The lowest BCUT2D eigenvalue weighted by Crippen LogP contribution is -2.17. The van der Waals surface area contributed by atoms with E-state index in [9.17, 15) is 4.79 Å². The first-order chi connectivity index (χ1) is 13.7. The molecule has 0 aromatic heterocycles. The van der Waals surface area contributed by atoms with Crippen LogP contribution in [0, 0.1) is 0 Å². The van der Waals surface area contributed by atoms with Crippen LogP contribution in [0.2, 0.25) is 0 Å². The number of nitrogen functional groups attached to an aromatic ring is 1. The Morgan fingerprint density at radius 2 is 1.79 bits per heavy atom. The minimum Gasteiger partial charge on any atom is -0.493 e. The molecule has 3 aromatic rings. The van der Waals surface area contributed by atoms with Gasteiger partial charge in [0.05, 0.1) is 13.3 Å². The van der Waals surface area contributed by atoms with Gasteiger partial charge in [0.1, 0.15) is 6.61 Å². The van der Waals surface area contributed by atoms with Crippen molar-refractivity contribution in [2.75, 3.05) is 12.8 Å². The highest BCUT2D eigenvalue weighted by Gasteiger charge is 2.06. The summed E-state index contributed by atoms with van der Waals surface area (Å²) in [6.45, 7) is 0.422. The number of nitrogens with two attached hydrogens (primary N) is 1. The molecule has 0 aliphatic heterocycles. The van der Waals surface area contributed by atoms with Crippen LogP contribution < -0.4 is 20.6 Å². The summed E-state index contributed by atoms with van der Waals surface area (Å²) in [6.07, 6.45) is 1.55. The van der Waals surface area contributed by atoms with Crippen LogP contribution in [-0.2, 0) is 6.61 Å². The van der Waals surface area contributed by atoms with Gasteiger partial charge in [0.25, 0.3) is 5.91 Å². The molecule has 0 aliphatic carbocycles. The molecule has 0 fully saturated rings. The molecule has 0 bridgehead atoms. The molecule has 6 nitrogen and oxygen atoms in total. The zero-order valence-electron chi connectivity index (χ0n) is 15.5. The van der Waals surface area contributed by atoms with Gasteiger partial charge in [-0.25, -0.2) is 5.43 Å². The maximum atomic E-state index is 12.1. The van der Waals surface area contributed by atoms with Crippen LogP contribution in [0.25, 0.3) is 0 Å². The van der Waals surface area contributed by atoms with E-state index in [0.717, 1.165) is 11.1 Å². The number of anilines is 1. The van der Waals surface area contributed by atoms with E-state index in [1.165, 1.54) is 0 Å². The number of methoxy groups -OCH3 is 1. The Hall–Kier alpha value is -3.80. The molecular weight excluding hydrogens is 354 g/mol. The van der Waals surface area contributed by atoms with Crippen LogP contribution in [0.3, 0.4) is 0 Å². The zero-order valence-corrected chi connectivity index (χ0v) is 15.5. The third-order valence-corrected chi connectivity index (χ3v) is 3.98. The van der Waals surface area contributed by atoms with Gasteiger partial charge in [0.2, 0.25) is 0 Å². The standard InChI is InChI=1S/C22H21N3O3/c1-27-20-12-7-17(13-21(20)28-15-16-5-3-2-4-6-16)14-24-25-22(26)18-8-10-19(23)11-9-18/h2-14H,15,23H2,1H3,(H,25,26)/b24-14+. The Kier molecular flexibility index (Phi) is 6.25. The molecule has 0 radical (unpaired) electrons. The predicted molar refractivity (Wildman–Crippen MR) is 110 cm³/mol. The largest absolute Gasteiger partial charge is 0.493 e. The molecular formula is C22H21N3O3. The van der Waals surface area contributed by atoms with E-state index in [2.05, 4.69) is 10.5 Å². The van der Waals surface area contributed by atoms with Crippen molar-refractivity contribution in [2.24, 2.45) is 5.10 Å². The smallest absolute Gasteiger partial charge is 0.271 e. The minimum absolute atomic E-state index is 0.315. The molecule has 28 heavy (non-hydrogen) atoms. The number of rotatable bonds is 7. The molecule has 0 spiro atoms. The van der Waals surface area contributed by atoms with E-state index in [-0.39, 0.29) is 5.91 Å². The average Bonchev–Trinajstić information content (AvgIpc) is 2.73. The molecule has 1 amide bonds. The second-order valence-electron chi connectivity index (χ2n) is 6.01. The monoisotopic (exact) mass is 375 g/mol. The van der Waals surface area contributed by atoms with Gasteiger partial charge in [-0.2, -0.15) is 5.10 Å². The van der Waals surface area contributed by atoms with Gasteiger partial charge in [-0.05, 0) is 53.6 Å². The number of hydrogen-bond acceptors (Lipinski definition) is 5. The zero-order chi connectivity index (χ0) is 19.8. The molecule has 142 valence electrons. The number of nitrogens with one attached hydrogen (secondary N) is 1. The van der Waals surface area contributed by atoms with Crippen LogP contribution in [0.1, 0.15) is 21.5 Å². The second kappa shape index (κ2) is 9.23. The summed E-state index contributed by atoms with van der Waals surface area (Å²) in [5.41, 5.74) is 11.0. The Labute approximate surface area is 163 Å². The van der Waals surface area contributed by atoms with E-state index in [4.69, 9.17) is 15.2 Å². The van der Waals surface area contributed by atoms with Crippen LogP contribution in [0.4, 0.5) is 5.69 Å². The highest BCUT2D eigenvalue weighted by Crippen LogP contribution is 2.28. The fourth-order valence-electron chi connectivity index (χ4n) is 2.49. The van der Waals surface area contributed by atoms with Crippen molar-refractivity contribution in [1.82, 2.24) is 5.43 Å². The number of carbonyl (C=O) groups excluding carboxylic acids is 1. The number of carbonyl (C=O) groups is 1. The quantitative estimate of drug-likeness (QED) is 0.375. The minimum atomic E-state index is -0.315. The highest BCUT2D eigenvalue weighted by molar-refractivity contribution is 5.95. The summed E-state index contributed by atoms with van der Waals surface area (Å²) < 4.78 is 11.2. The molecule has 0 unspecified atom stereocenters. The first-order valence-electron chi connectivity index (χ1n) is 8.69. The van der Waals surface area contributed by atoms with Gasteiger partial charge in [0.15, 0.2) is 11.5 Å². The first kappa shape index (κ1) is 19.0. The van der Waals surface area contributed by atoms with Crippen molar-refractivity contribution < 1.29 is 14.3 Å². The Morgan fingerprint density at radius 3 is 2.50 bits per heavy atom. The van der Waals surface area contributed by atoms with Crippen LogP contribution in [0.15, 0.2) is 77.9 Å². The predicted octanol–water partition coefficient (Wildman–Crippen LogP) is 3.62.